The number of hydrogen-bond acceptors (Lipinski definition) is 4. The molecule has 1 aromatic rings. The molecule has 1 aromatic heterocycles. The van der Waals surface area contributed by atoms with Crippen LogP contribution in [0.25, 0.3) is 0 Å². The Bertz CT molecular complexity index is 488. The predicted octanol–water partition coefficient (Wildman–Crippen LogP) is 4.09. The molecule has 136 valence electrons. The number of carboxylic acid groups (broad SMARTS) is 1. The lowest BCUT2D eigenvalue weighted by atomic mass is 10.1. The van der Waals surface area contributed by atoms with Gasteiger partial charge in [-0.3, -0.25) is 10.1 Å². The van der Waals surface area contributed by atoms with Crippen molar-refractivity contribution in [2.45, 2.75) is 71.1 Å². The molecule has 0 saturated heterocycles. The number of oxazole rings is 1. The van der Waals surface area contributed by atoms with E-state index in [0.717, 1.165) is 44.2 Å². The number of carboxylic acids is 1. The summed E-state index contributed by atoms with van der Waals surface area (Å²) in [6.45, 7) is 2.43. The summed E-state index contributed by atoms with van der Waals surface area (Å²) >= 11 is 0. The molecule has 1 rings (SSSR count). The fraction of sp³-hybridized carbons (Fsp3) is 0.706. The Hall–Kier alpha value is -2.05. The molecular weight excluding hydrogens is 310 g/mol. The van der Waals surface area contributed by atoms with E-state index in [1.165, 1.54) is 25.5 Å². The van der Waals surface area contributed by atoms with Crippen LogP contribution in [0.15, 0.2) is 10.7 Å². The minimum absolute atomic E-state index is 0.216. The SMILES string of the molecule is Cc1coc(NC(=O)NCCCCCCCCCCCC(=O)O)n1. The number of rotatable bonds is 13. The number of aliphatic carboxylic acids is 1. The molecule has 0 saturated carbocycles. The number of aryl methyl sites for hydroxylation is 1. The van der Waals surface area contributed by atoms with Crippen LogP contribution < -0.4 is 10.6 Å². The molecule has 7 nitrogen and oxygen atoms in total. The van der Waals surface area contributed by atoms with Gasteiger partial charge in [0.1, 0.15) is 6.26 Å². The summed E-state index contributed by atoms with van der Waals surface area (Å²) in [6.07, 6.45) is 11.5. The smallest absolute Gasteiger partial charge is 0.322 e. The van der Waals surface area contributed by atoms with Gasteiger partial charge in [-0.1, -0.05) is 44.9 Å². The van der Waals surface area contributed by atoms with E-state index < -0.39 is 5.97 Å². The lowest BCUT2D eigenvalue weighted by molar-refractivity contribution is -0.137. The van der Waals surface area contributed by atoms with Gasteiger partial charge in [0.15, 0.2) is 0 Å². The van der Waals surface area contributed by atoms with Gasteiger partial charge >= 0.3 is 18.0 Å². The molecule has 1 heterocycles. The van der Waals surface area contributed by atoms with Crippen LogP contribution in [0, 0.1) is 6.92 Å². The van der Waals surface area contributed by atoms with Crippen LogP contribution in [-0.2, 0) is 4.79 Å². The third-order valence-corrected chi connectivity index (χ3v) is 3.69. The number of urea groups is 1. The molecule has 0 spiro atoms. The van der Waals surface area contributed by atoms with E-state index in [9.17, 15) is 9.59 Å². The Labute approximate surface area is 143 Å². The number of carbonyl (C=O) groups excluding carboxylic acids is 1. The molecule has 0 unspecified atom stereocenters. The van der Waals surface area contributed by atoms with Crippen molar-refractivity contribution >= 4 is 18.0 Å². The average Bonchev–Trinajstić information content (AvgIpc) is 2.93. The highest BCUT2D eigenvalue weighted by Crippen LogP contribution is 2.10. The molecule has 0 aliphatic heterocycles. The van der Waals surface area contributed by atoms with E-state index in [4.69, 9.17) is 9.52 Å². The van der Waals surface area contributed by atoms with Gasteiger partial charge in [-0.15, -0.1) is 0 Å². The Balaban J connectivity index is 1.83. The molecule has 0 atom stereocenters. The summed E-state index contributed by atoms with van der Waals surface area (Å²) in [6, 6.07) is -0.0773. The van der Waals surface area contributed by atoms with Crippen molar-refractivity contribution in [2.75, 3.05) is 11.9 Å². The molecule has 24 heavy (non-hydrogen) atoms. The largest absolute Gasteiger partial charge is 0.481 e. The van der Waals surface area contributed by atoms with Gasteiger partial charge in [-0.25, -0.2) is 4.79 Å². The number of anilines is 1. The Morgan fingerprint density at radius 1 is 1.04 bits per heavy atom. The number of aromatic nitrogens is 1. The number of unbranched alkanes of at least 4 members (excludes halogenated alkanes) is 8. The lowest BCUT2D eigenvalue weighted by Crippen LogP contribution is -2.29. The summed E-state index contributed by atoms with van der Waals surface area (Å²) in [4.78, 5) is 25.9. The zero-order valence-electron chi connectivity index (χ0n) is 14.5. The molecule has 7 heteroatoms. The van der Waals surface area contributed by atoms with E-state index in [0.29, 0.717) is 6.54 Å². The summed E-state index contributed by atoms with van der Waals surface area (Å²) in [5, 5.41) is 13.8. The van der Waals surface area contributed by atoms with E-state index in [1.807, 2.05) is 0 Å². The third kappa shape index (κ3) is 10.6. The molecule has 3 N–H and O–H groups in total. The summed E-state index contributed by atoms with van der Waals surface area (Å²) in [5.41, 5.74) is 0.729. The van der Waals surface area contributed by atoms with Crippen LogP contribution in [0.1, 0.15) is 69.9 Å². The van der Waals surface area contributed by atoms with Crippen LogP contribution in [0.4, 0.5) is 10.8 Å². The highest BCUT2D eigenvalue weighted by Gasteiger charge is 2.05. The van der Waals surface area contributed by atoms with E-state index in [1.54, 1.807) is 6.92 Å². The molecular formula is C17H29N3O4. The van der Waals surface area contributed by atoms with Crippen LogP contribution in [0.3, 0.4) is 0 Å². The number of nitrogens with one attached hydrogen (secondary N) is 2. The Morgan fingerprint density at radius 2 is 1.62 bits per heavy atom. The minimum Gasteiger partial charge on any atom is -0.481 e. The quantitative estimate of drug-likeness (QED) is 0.469. The van der Waals surface area contributed by atoms with Crippen molar-refractivity contribution in [1.82, 2.24) is 10.3 Å². The van der Waals surface area contributed by atoms with Crippen molar-refractivity contribution in [3.8, 4) is 0 Å². The van der Waals surface area contributed by atoms with Crippen LogP contribution in [0.5, 0.6) is 0 Å². The predicted molar refractivity (Wildman–Crippen MR) is 92.1 cm³/mol. The topological polar surface area (TPSA) is 104 Å². The van der Waals surface area contributed by atoms with Gasteiger partial charge in [-0.05, 0) is 19.8 Å². The van der Waals surface area contributed by atoms with Gasteiger partial charge < -0.3 is 14.8 Å². The minimum atomic E-state index is -0.701. The van der Waals surface area contributed by atoms with E-state index in [-0.39, 0.29) is 18.5 Å². The Kier molecular flexibility index (Phi) is 10.3. The molecule has 0 aliphatic carbocycles. The number of hydrogen-bond donors (Lipinski definition) is 3. The molecule has 0 fully saturated rings. The molecule has 2 amide bonds. The maximum absolute atomic E-state index is 11.6. The molecule has 0 aliphatic rings. The van der Waals surface area contributed by atoms with Crippen molar-refractivity contribution < 1.29 is 19.1 Å². The normalized spacial score (nSPS) is 10.5. The van der Waals surface area contributed by atoms with Gasteiger partial charge in [0.25, 0.3) is 0 Å². The number of amides is 2. The standard InChI is InChI=1S/C17H29N3O4/c1-14-13-24-17(19-14)20-16(23)18-12-10-8-6-4-2-3-5-7-9-11-15(21)22/h13H,2-12H2,1H3,(H,21,22)(H2,18,19,20,23). The lowest BCUT2D eigenvalue weighted by Gasteiger charge is -2.05. The first kappa shape index (κ1) is 20.0. The van der Waals surface area contributed by atoms with E-state index in [2.05, 4.69) is 15.6 Å². The monoisotopic (exact) mass is 339 g/mol. The fourth-order valence-electron chi connectivity index (χ4n) is 2.39. The second-order valence-electron chi connectivity index (χ2n) is 6.00. The maximum Gasteiger partial charge on any atom is 0.322 e. The van der Waals surface area contributed by atoms with Crippen molar-refractivity contribution in [3.63, 3.8) is 0 Å². The highest BCUT2D eigenvalue weighted by atomic mass is 16.4. The Morgan fingerprint density at radius 3 is 2.17 bits per heavy atom. The molecule has 0 bridgehead atoms. The van der Waals surface area contributed by atoms with Gasteiger partial charge in [0, 0.05) is 13.0 Å². The first-order valence-electron chi connectivity index (χ1n) is 8.76. The number of nitrogens with zero attached hydrogens (tertiary/aromatic N) is 1. The van der Waals surface area contributed by atoms with Crippen molar-refractivity contribution in [2.24, 2.45) is 0 Å². The number of carbonyl (C=O) groups is 2. The summed E-state index contributed by atoms with van der Waals surface area (Å²) < 4.78 is 5.04. The average molecular weight is 339 g/mol. The van der Waals surface area contributed by atoms with Crippen molar-refractivity contribution in [3.05, 3.63) is 12.0 Å². The van der Waals surface area contributed by atoms with Gasteiger partial charge in [0.05, 0.1) is 5.69 Å². The van der Waals surface area contributed by atoms with Crippen LogP contribution >= 0.6 is 0 Å². The molecule has 0 radical (unpaired) electrons. The highest BCUT2D eigenvalue weighted by molar-refractivity contribution is 5.86. The third-order valence-electron chi connectivity index (χ3n) is 3.69. The zero-order valence-corrected chi connectivity index (χ0v) is 14.5. The zero-order chi connectivity index (χ0) is 17.6. The second-order valence-corrected chi connectivity index (χ2v) is 6.00. The van der Waals surface area contributed by atoms with Gasteiger partial charge in [0.2, 0.25) is 0 Å². The van der Waals surface area contributed by atoms with E-state index >= 15 is 0 Å². The van der Waals surface area contributed by atoms with Crippen LogP contribution in [0.2, 0.25) is 0 Å². The second kappa shape index (κ2) is 12.4. The first-order valence-corrected chi connectivity index (χ1v) is 8.76. The fourth-order valence-corrected chi connectivity index (χ4v) is 2.39. The van der Waals surface area contributed by atoms with Crippen LogP contribution in [-0.4, -0.2) is 28.6 Å². The molecule has 0 aromatic carbocycles. The first-order chi connectivity index (χ1) is 11.6. The summed E-state index contributed by atoms with van der Waals surface area (Å²) in [5.74, 6) is -0.701. The van der Waals surface area contributed by atoms with Crippen molar-refractivity contribution in [1.29, 1.82) is 0 Å². The maximum atomic E-state index is 11.6. The van der Waals surface area contributed by atoms with Gasteiger partial charge in [-0.2, -0.15) is 4.98 Å². The summed E-state index contributed by atoms with van der Waals surface area (Å²) in [7, 11) is 0.